The average Bonchev–Trinajstić information content (AvgIpc) is 2.76. The second kappa shape index (κ2) is 6.89. The van der Waals surface area contributed by atoms with Gasteiger partial charge < -0.3 is 4.90 Å². The summed E-state index contributed by atoms with van der Waals surface area (Å²) < 4.78 is 0.844. The molecule has 6 heteroatoms. The first-order chi connectivity index (χ1) is 8.69. The van der Waals surface area contributed by atoms with E-state index in [9.17, 15) is 4.79 Å². The van der Waals surface area contributed by atoms with Gasteiger partial charge in [-0.05, 0) is 12.1 Å². The summed E-state index contributed by atoms with van der Waals surface area (Å²) in [6.45, 7) is 4.51. The Bertz CT molecular complexity index is 405. The number of hydrogen-bond acceptors (Lipinski definition) is 3. The van der Waals surface area contributed by atoms with Crippen LogP contribution in [0.25, 0.3) is 0 Å². The van der Waals surface area contributed by atoms with E-state index in [1.807, 2.05) is 11.0 Å². The summed E-state index contributed by atoms with van der Waals surface area (Å²) in [5, 5.41) is 0.750. The Hall–Kier alpha value is -0.100. The molecule has 1 aromatic rings. The highest BCUT2D eigenvalue weighted by Crippen LogP contribution is 2.23. The van der Waals surface area contributed by atoms with Crippen LogP contribution in [0.3, 0.4) is 0 Å². The molecule has 100 valence electrons. The minimum absolute atomic E-state index is 0.255. The van der Waals surface area contributed by atoms with Crippen LogP contribution in [0.1, 0.15) is 11.3 Å². The molecule has 1 aliphatic rings. The third kappa shape index (κ3) is 3.95. The highest BCUT2D eigenvalue weighted by molar-refractivity contribution is 9.09. The molecule has 1 saturated heterocycles. The molecule has 1 amide bonds. The van der Waals surface area contributed by atoms with Crippen molar-refractivity contribution in [2.45, 2.75) is 13.0 Å². The van der Waals surface area contributed by atoms with Crippen LogP contribution in [-0.4, -0.2) is 47.2 Å². The van der Waals surface area contributed by atoms with Crippen molar-refractivity contribution in [2.24, 2.45) is 0 Å². The second-order valence-corrected chi connectivity index (χ2v) is 6.89. The van der Waals surface area contributed by atoms with Gasteiger partial charge >= 0.3 is 0 Å². The summed E-state index contributed by atoms with van der Waals surface area (Å²) in [5.74, 6) is 0.255. The van der Waals surface area contributed by atoms with Gasteiger partial charge in [0.05, 0.1) is 4.34 Å². The summed E-state index contributed by atoms with van der Waals surface area (Å²) in [7, 11) is 0. The van der Waals surface area contributed by atoms with Crippen molar-refractivity contribution in [3.8, 4) is 0 Å². The monoisotopic (exact) mass is 350 g/mol. The molecular weight excluding hydrogens is 336 g/mol. The molecule has 2 rings (SSSR count). The van der Waals surface area contributed by atoms with E-state index in [4.69, 9.17) is 11.6 Å². The Morgan fingerprint density at radius 3 is 2.61 bits per heavy atom. The number of alkyl halides is 1. The summed E-state index contributed by atoms with van der Waals surface area (Å²) in [5.41, 5.74) is 0. The summed E-state index contributed by atoms with van der Waals surface area (Å²) in [6.07, 6.45) is 0.598. The third-order valence-electron chi connectivity index (χ3n) is 3.04. The van der Waals surface area contributed by atoms with Gasteiger partial charge in [0.1, 0.15) is 0 Å². The fourth-order valence-corrected chi connectivity index (χ4v) is 3.52. The van der Waals surface area contributed by atoms with Gasteiger partial charge in [-0.1, -0.05) is 27.5 Å². The van der Waals surface area contributed by atoms with E-state index in [2.05, 4.69) is 26.9 Å². The van der Waals surface area contributed by atoms with Crippen LogP contribution in [-0.2, 0) is 11.3 Å². The topological polar surface area (TPSA) is 23.6 Å². The molecule has 0 radical (unpaired) electrons. The van der Waals surface area contributed by atoms with E-state index in [0.29, 0.717) is 6.42 Å². The van der Waals surface area contributed by atoms with Gasteiger partial charge in [0, 0.05) is 49.4 Å². The number of carbonyl (C=O) groups is 1. The largest absolute Gasteiger partial charge is 0.340 e. The van der Waals surface area contributed by atoms with Crippen LogP contribution < -0.4 is 0 Å². The van der Waals surface area contributed by atoms with Gasteiger partial charge in [0.2, 0.25) is 5.91 Å². The lowest BCUT2D eigenvalue weighted by Crippen LogP contribution is -2.48. The van der Waals surface area contributed by atoms with Crippen molar-refractivity contribution >= 4 is 44.8 Å². The van der Waals surface area contributed by atoms with E-state index in [-0.39, 0.29) is 5.91 Å². The lowest BCUT2D eigenvalue weighted by Gasteiger charge is -2.34. The van der Waals surface area contributed by atoms with Crippen LogP contribution in [0.5, 0.6) is 0 Å². The van der Waals surface area contributed by atoms with Crippen molar-refractivity contribution in [2.75, 3.05) is 31.5 Å². The maximum Gasteiger partial charge on any atom is 0.223 e. The van der Waals surface area contributed by atoms with E-state index in [1.54, 1.807) is 11.3 Å². The SMILES string of the molecule is O=C(CCBr)N1CCN(Cc2ccc(Cl)s2)CC1. The third-order valence-corrected chi connectivity index (χ3v) is 4.65. The van der Waals surface area contributed by atoms with E-state index < -0.39 is 0 Å². The van der Waals surface area contributed by atoms with Crippen LogP contribution in [0.2, 0.25) is 4.34 Å². The van der Waals surface area contributed by atoms with Gasteiger partial charge in [0.25, 0.3) is 0 Å². The first kappa shape index (κ1) is 14.3. The fraction of sp³-hybridized carbons (Fsp3) is 0.583. The minimum Gasteiger partial charge on any atom is -0.340 e. The summed E-state index contributed by atoms with van der Waals surface area (Å²) in [4.78, 5) is 17.4. The van der Waals surface area contributed by atoms with Gasteiger partial charge in [-0.2, -0.15) is 0 Å². The molecule has 1 fully saturated rings. The van der Waals surface area contributed by atoms with Gasteiger partial charge in [-0.25, -0.2) is 0 Å². The number of nitrogens with zero attached hydrogens (tertiary/aromatic N) is 2. The van der Waals surface area contributed by atoms with Crippen LogP contribution in [0.15, 0.2) is 12.1 Å². The Labute approximate surface area is 125 Å². The lowest BCUT2D eigenvalue weighted by atomic mass is 10.3. The molecule has 0 aliphatic carbocycles. The molecule has 0 spiro atoms. The number of carbonyl (C=O) groups excluding carboxylic acids is 1. The zero-order valence-corrected chi connectivity index (χ0v) is 13.2. The van der Waals surface area contributed by atoms with Crippen molar-refractivity contribution < 1.29 is 4.79 Å². The van der Waals surface area contributed by atoms with E-state index in [1.165, 1.54) is 4.88 Å². The van der Waals surface area contributed by atoms with Gasteiger partial charge in [-0.15, -0.1) is 11.3 Å². The van der Waals surface area contributed by atoms with E-state index >= 15 is 0 Å². The van der Waals surface area contributed by atoms with Crippen LogP contribution >= 0.6 is 38.9 Å². The minimum atomic E-state index is 0.255. The fourth-order valence-electron chi connectivity index (χ4n) is 2.05. The number of rotatable bonds is 4. The molecule has 1 aliphatic heterocycles. The Morgan fingerprint density at radius 1 is 1.33 bits per heavy atom. The maximum absolute atomic E-state index is 11.7. The molecular formula is C12H16BrClN2OS. The quantitative estimate of drug-likeness (QED) is 0.779. The van der Waals surface area contributed by atoms with Crippen LogP contribution in [0, 0.1) is 0 Å². The Morgan fingerprint density at radius 2 is 2.06 bits per heavy atom. The molecule has 0 aromatic carbocycles. The standard InChI is InChI=1S/C12H16BrClN2OS/c13-4-3-12(17)16-7-5-15(6-8-16)9-10-1-2-11(14)18-10/h1-2H,3-9H2. The Balaban J connectivity index is 1.78. The normalized spacial score (nSPS) is 17.1. The van der Waals surface area contributed by atoms with Crippen molar-refractivity contribution in [1.82, 2.24) is 9.80 Å². The zero-order chi connectivity index (χ0) is 13.0. The maximum atomic E-state index is 11.7. The van der Waals surface area contributed by atoms with Gasteiger partial charge in [-0.3, -0.25) is 9.69 Å². The molecule has 0 N–H and O–H groups in total. The van der Waals surface area contributed by atoms with Crippen molar-refractivity contribution in [1.29, 1.82) is 0 Å². The summed E-state index contributed by atoms with van der Waals surface area (Å²) in [6, 6.07) is 4.02. The molecule has 1 aromatic heterocycles. The lowest BCUT2D eigenvalue weighted by molar-refractivity contribution is -0.132. The smallest absolute Gasteiger partial charge is 0.223 e. The molecule has 0 saturated carbocycles. The summed E-state index contributed by atoms with van der Waals surface area (Å²) >= 11 is 10.9. The molecule has 18 heavy (non-hydrogen) atoms. The van der Waals surface area contributed by atoms with Crippen molar-refractivity contribution in [3.05, 3.63) is 21.3 Å². The molecule has 0 unspecified atom stereocenters. The molecule has 3 nitrogen and oxygen atoms in total. The molecule has 0 atom stereocenters. The first-order valence-electron chi connectivity index (χ1n) is 5.99. The number of thiophene rings is 1. The number of piperazine rings is 1. The predicted octanol–water partition coefficient (Wildman–Crippen LogP) is 2.83. The predicted molar refractivity (Wildman–Crippen MR) is 79.6 cm³/mol. The number of hydrogen-bond donors (Lipinski definition) is 0. The zero-order valence-electron chi connectivity index (χ0n) is 10.1. The van der Waals surface area contributed by atoms with Crippen LogP contribution in [0.4, 0.5) is 0 Å². The number of amides is 1. The van der Waals surface area contributed by atoms with Gasteiger partial charge in [0.15, 0.2) is 0 Å². The van der Waals surface area contributed by atoms with Crippen molar-refractivity contribution in [3.63, 3.8) is 0 Å². The molecule has 0 bridgehead atoms. The first-order valence-corrected chi connectivity index (χ1v) is 8.31. The highest BCUT2D eigenvalue weighted by atomic mass is 79.9. The van der Waals surface area contributed by atoms with E-state index in [0.717, 1.165) is 42.4 Å². The Kier molecular flexibility index (Phi) is 5.48. The second-order valence-electron chi connectivity index (χ2n) is 4.30. The number of halogens is 2. The molecule has 2 heterocycles. The highest BCUT2D eigenvalue weighted by Gasteiger charge is 2.20. The average molecular weight is 352 g/mol.